The van der Waals surface area contributed by atoms with Gasteiger partial charge in [-0.05, 0) is 32.2 Å². The monoisotopic (exact) mass is 346 g/mol. The van der Waals surface area contributed by atoms with Gasteiger partial charge in [-0.2, -0.15) is 0 Å². The van der Waals surface area contributed by atoms with Crippen LogP contribution in [-0.4, -0.2) is 27.2 Å². The van der Waals surface area contributed by atoms with E-state index in [4.69, 9.17) is 4.52 Å². The van der Waals surface area contributed by atoms with Gasteiger partial charge in [0.2, 0.25) is 5.91 Å². The number of aryl methyl sites for hydroxylation is 3. The van der Waals surface area contributed by atoms with E-state index in [-0.39, 0.29) is 17.9 Å². The second-order valence-corrected chi connectivity index (χ2v) is 6.48. The van der Waals surface area contributed by atoms with E-state index < -0.39 is 0 Å². The van der Waals surface area contributed by atoms with Crippen molar-refractivity contribution in [2.24, 2.45) is 0 Å². The number of thiophene rings is 1. The highest BCUT2D eigenvalue weighted by molar-refractivity contribution is 7.16. The van der Waals surface area contributed by atoms with Crippen LogP contribution in [0.2, 0.25) is 0 Å². The van der Waals surface area contributed by atoms with Crippen LogP contribution in [0.3, 0.4) is 0 Å². The highest BCUT2D eigenvalue weighted by Crippen LogP contribution is 2.15. The number of amides is 1. The summed E-state index contributed by atoms with van der Waals surface area (Å²) in [6.45, 7) is 6.14. The van der Waals surface area contributed by atoms with Gasteiger partial charge in [-0.1, -0.05) is 5.16 Å². The molecule has 0 aliphatic heterocycles. The topological polar surface area (TPSA) is 90.0 Å². The van der Waals surface area contributed by atoms with Gasteiger partial charge >= 0.3 is 0 Å². The maximum Gasteiger partial charge on any atom is 0.262 e. The Morgan fingerprint density at radius 1 is 1.38 bits per heavy atom. The summed E-state index contributed by atoms with van der Waals surface area (Å²) in [6.07, 6.45) is 0.219. The lowest BCUT2D eigenvalue weighted by atomic mass is 10.1. The smallest absolute Gasteiger partial charge is 0.262 e. The number of nitrogens with one attached hydrogen (secondary N) is 1. The van der Waals surface area contributed by atoms with E-state index >= 15 is 0 Å². The van der Waals surface area contributed by atoms with Gasteiger partial charge in [0.1, 0.15) is 16.4 Å². The summed E-state index contributed by atoms with van der Waals surface area (Å²) in [5.41, 5.74) is 1.46. The van der Waals surface area contributed by atoms with Crippen molar-refractivity contribution < 1.29 is 9.32 Å². The van der Waals surface area contributed by atoms with E-state index in [0.717, 1.165) is 16.1 Å². The molecule has 0 saturated heterocycles. The predicted molar refractivity (Wildman–Crippen MR) is 91.3 cm³/mol. The third kappa shape index (κ3) is 3.09. The molecule has 0 radical (unpaired) electrons. The average Bonchev–Trinajstić information content (AvgIpc) is 3.12. The Balaban J connectivity index is 1.64. The van der Waals surface area contributed by atoms with E-state index in [0.29, 0.717) is 30.1 Å². The Bertz CT molecular complexity index is 935. The summed E-state index contributed by atoms with van der Waals surface area (Å²) in [7, 11) is 0. The first-order valence-corrected chi connectivity index (χ1v) is 8.48. The lowest BCUT2D eigenvalue weighted by Crippen LogP contribution is -2.33. The summed E-state index contributed by atoms with van der Waals surface area (Å²) in [5.74, 6) is 1.18. The molecule has 0 fully saturated rings. The number of rotatable bonds is 5. The fraction of sp³-hybridized carbons (Fsp3) is 0.375. The average molecular weight is 346 g/mol. The molecule has 0 spiro atoms. The SMILES string of the molecule is Cc1noc(C)c1CC(=O)NCCn1c(C)nc2sccc2c1=O. The van der Waals surface area contributed by atoms with Crippen molar-refractivity contribution in [3.05, 3.63) is 44.6 Å². The maximum absolute atomic E-state index is 12.4. The first-order valence-electron chi connectivity index (χ1n) is 7.60. The number of nitrogens with zero attached hydrogens (tertiary/aromatic N) is 3. The van der Waals surface area contributed by atoms with Crippen LogP contribution in [0.4, 0.5) is 0 Å². The van der Waals surface area contributed by atoms with Gasteiger partial charge in [0.25, 0.3) is 5.56 Å². The van der Waals surface area contributed by atoms with Gasteiger partial charge in [-0.25, -0.2) is 4.98 Å². The molecule has 3 aromatic rings. The maximum atomic E-state index is 12.4. The molecule has 24 heavy (non-hydrogen) atoms. The Labute approximate surface area is 142 Å². The molecule has 0 atom stereocenters. The molecular formula is C16H18N4O3S. The van der Waals surface area contributed by atoms with E-state index in [2.05, 4.69) is 15.5 Å². The van der Waals surface area contributed by atoms with E-state index in [1.807, 2.05) is 12.3 Å². The zero-order valence-corrected chi connectivity index (χ0v) is 14.6. The van der Waals surface area contributed by atoms with Crippen molar-refractivity contribution >= 4 is 27.5 Å². The summed E-state index contributed by atoms with van der Waals surface area (Å²) in [5, 5.41) is 9.14. The molecule has 1 N–H and O–H groups in total. The zero-order valence-electron chi connectivity index (χ0n) is 13.8. The minimum Gasteiger partial charge on any atom is -0.361 e. The predicted octanol–water partition coefficient (Wildman–Crippen LogP) is 1.73. The summed E-state index contributed by atoms with van der Waals surface area (Å²) >= 11 is 1.45. The van der Waals surface area contributed by atoms with Crippen LogP contribution in [-0.2, 0) is 17.8 Å². The zero-order chi connectivity index (χ0) is 17.3. The Morgan fingerprint density at radius 2 is 2.17 bits per heavy atom. The van der Waals surface area contributed by atoms with E-state index in [1.165, 1.54) is 11.3 Å². The van der Waals surface area contributed by atoms with Crippen molar-refractivity contribution in [3.63, 3.8) is 0 Å². The number of hydrogen-bond donors (Lipinski definition) is 1. The van der Waals surface area contributed by atoms with Crippen LogP contribution in [0, 0.1) is 20.8 Å². The van der Waals surface area contributed by atoms with Gasteiger partial charge < -0.3 is 9.84 Å². The van der Waals surface area contributed by atoms with Crippen LogP contribution in [0.5, 0.6) is 0 Å². The number of fused-ring (bicyclic) bond motifs is 1. The molecule has 0 aliphatic rings. The lowest BCUT2D eigenvalue weighted by Gasteiger charge is -2.10. The van der Waals surface area contributed by atoms with Crippen molar-refractivity contribution in [2.45, 2.75) is 33.7 Å². The van der Waals surface area contributed by atoms with E-state index in [9.17, 15) is 9.59 Å². The Hall–Kier alpha value is -2.48. The molecule has 7 nitrogen and oxygen atoms in total. The molecule has 1 amide bonds. The lowest BCUT2D eigenvalue weighted by molar-refractivity contribution is -0.120. The van der Waals surface area contributed by atoms with E-state index in [1.54, 1.807) is 24.5 Å². The molecule has 3 aromatic heterocycles. The second kappa shape index (κ2) is 6.56. The third-order valence-electron chi connectivity index (χ3n) is 3.95. The van der Waals surface area contributed by atoms with Crippen LogP contribution >= 0.6 is 11.3 Å². The molecule has 8 heteroatoms. The van der Waals surface area contributed by atoms with Gasteiger partial charge in [0.15, 0.2) is 0 Å². The van der Waals surface area contributed by atoms with Crippen LogP contribution in [0.15, 0.2) is 20.8 Å². The molecule has 126 valence electrons. The summed E-state index contributed by atoms with van der Waals surface area (Å²) < 4.78 is 6.64. The number of carbonyl (C=O) groups is 1. The molecule has 0 unspecified atom stereocenters. The largest absolute Gasteiger partial charge is 0.361 e. The number of carbonyl (C=O) groups excluding carboxylic acids is 1. The number of hydrogen-bond acceptors (Lipinski definition) is 6. The molecule has 3 heterocycles. The van der Waals surface area contributed by atoms with Crippen molar-refractivity contribution in [1.29, 1.82) is 0 Å². The first kappa shape index (κ1) is 16.4. The number of aromatic nitrogens is 3. The highest BCUT2D eigenvalue weighted by atomic mass is 32.1. The van der Waals surface area contributed by atoms with Gasteiger partial charge in [-0.15, -0.1) is 11.3 Å². The molecule has 0 aromatic carbocycles. The normalized spacial score (nSPS) is 11.1. The Morgan fingerprint density at radius 3 is 2.88 bits per heavy atom. The van der Waals surface area contributed by atoms with Gasteiger partial charge in [0.05, 0.1) is 17.5 Å². The fourth-order valence-corrected chi connectivity index (χ4v) is 3.40. The van der Waals surface area contributed by atoms with Crippen molar-refractivity contribution in [1.82, 2.24) is 20.0 Å². The van der Waals surface area contributed by atoms with Crippen LogP contribution in [0.25, 0.3) is 10.2 Å². The van der Waals surface area contributed by atoms with Gasteiger partial charge in [-0.3, -0.25) is 14.2 Å². The first-order chi connectivity index (χ1) is 11.5. The standard InChI is InChI=1S/C16H18N4O3S/c1-9-13(10(2)23-19-9)8-14(21)17-5-6-20-11(3)18-15-12(16(20)22)4-7-24-15/h4,7H,5-6,8H2,1-3H3,(H,17,21). The minimum absolute atomic E-state index is 0.0706. The molecular weight excluding hydrogens is 328 g/mol. The Kier molecular flexibility index (Phi) is 4.48. The summed E-state index contributed by atoms with van der Waals surface area (Å²) in [6, 6.07) is 1.78. The molecule has 3 rings (SSSR count). The minimum atomic E-state index is -0.125. The third-order valence-corrected chi connectivity index (χ3v) is 4.76. The molecule has 0 aliphatic carbocycles. The van der Waals surface area contributed by atoms with Crippen LogP contribution < -0.4 is 10.9 Å². The molecule has 0 saturated carbocycles. The fourth-order valence-electron chi connectivity index (χ4n) is 2.60. The highest BCUT2D eigenvalue weighted by Gasteiger charge is 2.14. The van der Waals surface area contributed by atoms with Crippen molar-refractivity contribution in [2.75, 3.05) is 6.54 Å². The van der Waals surface area contributed by atoms with Crippen molar-refractivity contribution in [3.8, 4) is 0 Å². The van der Waals surface area contributed by atoms with Crippen LogP contribution in [0.1, 0.15) is 22.8 Å². The quantitative estimate of drug-likeness (QED) is 0.760. The van der Waals surface area contributed by atoms with Gasteiger partial charge in [0, 0.05) is 18.7 Å². The summed E-state index contributed by atoms with van der Waals surface area (Å²) in [4.78, 5) is 29.7. The molecule has 0 bridgehead atoms. The second-order valence-electron chi connectivity index (χ2n) is 5.58.